The maximum Gasteiger partial charge on any atom is 0.241 e. The minimum atomic E-state index is -0.161. The molecule has 116 valence electrons. The summed E-state index contributed by atoms with van der Waals surface area (Å²) in [6, 6.07) is 15.1. The van der Waals surface area contributed by atoms with E-state index >= 15 is 0 Å². The summed E-state index contributed by atoms with van der Waals surface area (Å²) in [7, 11) is 0. The van der Waals surface area contributed by atoms with Gasteiger partial charge in [-0.2, -0.15) is 5.10 Å². The molecule has 0 aliphatic rings. The van der Waals surface area contributed by atoms with Gasteiger partial charge in [-0.3, -0.25) is 4.79 Å². The number of aromatic nitrogens is 2. The van der Waals surface area contributed by atoms with Crippen molar-refractivity contribution >= 4 is 34.8 Å². The number of nitrogens with zero attached hydrogens (tertiary/aromatic N) is 3. The van der Waals surface area contributed by atoms with Crippen LogP contribution in [0.15, 0.2) is 60.0 Å². The Hall–Kier alpha value is -2.66. The van der Waals surface area contributed by atoms with E-state index in [4.69, 9.17) is 11.6 Å². The van der Waals surface area contributed by atoms with Crippen molar-refractivity contribution in [2.45, 2.75) is 13.0 Å². The number of carbonyl (C=O) groups is 1. The molecule has 3 aromatic rings. The molecule has 0 radical (unpaired) electrons. The molecule has 2 aromatic carbocycles. The molecule has 1 N–H and O–H groups in total. The average Bonchev–Trinajstić information content (AvgIpc) is 2.98. The van der Waals surface area contributed by atoms with Crippen LogP contribution in [0.2, 0.25) is 5.02 Å². The van der Waals surface area contributed by atoms with Gasteiger partial charge in [0, 0.05) is 23.6 Å². The molecule has 1 aromatic heterocycles. The molecule has 3 rings (SSSR count). The van der Waals surface area contributed by atoms with E-state index in [2.05, 4.69) is 15.5 Å². The van der Waals surface area contributed by atoms with Crippen molar-refractivity contribution in [2.75, 3.05) is 0 Å². The lowest BCUT2D eigenvalue weighted by molar-refractivity contribution is -0.121. The second-order valence-corrected chi connectivity index (χ2v) is 5.40. The molecular weight excluding hydrogens is 312 g/mol. The van der Waals surface area contributed by atoms with Crippen LogP contribution in [0.1, 0.15) is 12.0 Å². The van der Waals surface area contributed by atoms with E-state index in [-0.39, 0.29) is 5.91 Å². The van der Waals surface area contributed by atoms with Crippen LogP contribution in [-0.2, 0) is 11.3 Å². The summed E-state index contributed by atoms with van der Waals surface area (Å²) in [5.74, 6) is -0.161. The van der Waals surface area contributed by atoms with Crippen molar-refractivity contribution in [3.63, 3.8) is 0 Å². The number of aryl methyl sites for hydroxylation is 1. The van der Waals surface area contributed by atoms with E-state index in [9.17, 15) is 4.79 Å². The zero-order valence-electron chi connectivity index (χ0n) is 12.3. The Bertz CT molecular complexity index is 856. The van der Waals surface area contributed by atoms with E-state index < -0.39 is 0 Å². The fraction of sp³-hybridized carbons (Fsp3) is 0.118. The first-order valence-corrected chi connectivity index (χ1v) is 7.58. The Morgan fingerprint density at radius 3 is 2.87 bits per heavy atom. The van der Waals surface area contributed by atoms with Crippen LogP contribution in [0.5, 0.6) is 0 Å². The molecule has 0 aliphatic carbocycles. The lowest BCUT2D eigenvalue weighted by atomic mass is 10.2. The molecule has 1 amide bonds. The zero-order chi connectivity index (χ0) is 16.1. The SMILES string of the molecule is O=C(CCn1cnc2ccccc21)N/N=C\c1ccccc1Cl. The first-order chi connectivity index (χ1) is 11.2. The highest BCUT2D eigenvalue weighted by Crippen LogP contribution is 2.13. The minimum absolute atomic E-state index is 0.161. The maximum absolute atomic E-state index is 11.9. The number of imidazole rings is 1. The summed E-state index contributed by atoms with van der Waals surface area (Å²) < 4.78 is 1.95. The second kappa shape index (κ2) is 7.07. The highest BCUT2D eigenvalue weighted by Gasteiger charge is 2.04. The molecule has 23 heavy (non-hydrogen) atoms. The first kappa shape index (κ1) is 15.2. The summed E-state index contributed by atoms with van der Waals surface area (Å²) >= 11 is 6.01. The molecule has 0 atom stereocenters. The van der Waals surface area contributed by atoms with Gasteiger partial charge < -0.3 is 4.57 Å². The number of fused-ring (bicyclic) bond motifs is 1. The predicted molar refractivity (Wildman–Crippen MR) is 91.5 cm³/mol. The van der Waals surface area contributed by atoms with Gasteiger partial charge in [0.1, 0.15) is 0 Å². The summed E-state index contributed by atoms with van der Waals surface area (Å²) in [5, 5.41) is 4.52. The Labute approximate surface area is 138 Å². The molecule has 6 heteroatoms. The highest BCUT2D eigenvalue weighted by molar-refractivity contribution is 6.33. The average molecular weight is 327 g/mol. The lowest BCUT2D eigenvalue weighted by Crippen LogP contribution is -2.19. The monoisotopic (exact) mass is 326 g/mol. The third kappa shape index (κ3) is 3.76. The Morgan fingerprint density at radius 2 is 2.00 bits per heavy atom. The third-order valence-corrected chi connectivity index (χ3v) is 3.75. The molecule has 0 unspecified atom stereocenters. The van der Waals surface area contributed by atoms with Crippen LogP contribution in [0.4, 0.5) is 0 Å². The van der Waals surface area contributed by atoms with Crippen LogP contribution in [0.25, 0.3) is 11.0 Å². The van der Waals surface area contributed by atoms with Gasteiger partial charge in [-0.25, -0.2) is 10.4 Å². The minimum Gasteiger partial charge on any atom is -0.330 e. The van der Waals surface area contributed by atoms with Crippen molar-refractivity contribution < 1.29 is 4.79 Å². The zero-order valence-corrected chi connectivity index (χ0v) is 13.1. The quantitative estimate of drug-likeness (QED) is 0.578. The smallest absolute Gasteiger partial charge is 0.241 e. The number of carbonyl (C=O) groups excluding carboxylic acids is 1. The van der Waals surface area contributed by atoms with Crippen molar-refractivity contribution in [1.29, 1.82) is 0 Å². The number of amides is 1. The first-order valence-electron chi connectivity index (χ1n) is 7.20. The Kier molecular flexibility index (Phi) is 4.68. The maximum atomic E-state index is 11.9. The molecule has 0 saturated carbocycles. The Morgan fingerprint density at radius 1 is 1.22 bits per heavy atom. The van der Waals surface area contributed by atoms with Crippen molar-refractivity contribution in [3.05, 3.63) is 65.4 Å². The molecule has 0 bridgehead atoms. The van der Waals surface area contributed by atoms with Crippen molar-refractivity contribution in [1.82, 2.24) is 15.0 Å². The summed E-state index contributed by atoms with van der Waals surface area (Å²) in [6.07, 6.45) is 3.60. The van der Waals surface area contributed by atoms with Crippen LogP contribution < -0.4 is 5.43 Å². The van der Waals surface area contributed by atoms with Gasteiger partial charge in [-0.15, -0.1) is 0 Å². The highest BCUT2D eigenvalue weighted by atomic mass is 35.5. The van der Waals surface area contributed by atoms with Gasteiger partial charge in [-0.1, -0.05) is 41.9 Å². The van der Waals surface area contributed by atoms with E-state index in [1.165, 1.54) is 6.21 Å². The van der Waals surface area contributed by atoms with Crippen LogP contribution in [-0.4, -0.2) is 21.7 Å². The standard InChI is InChI=1S/C17H15ClN4O/c18-14-6-2-1-5-13(14)11-20-21-17(23)9-10-22-12-19-15-7-3-4-8-16(15)22/h1-8,11-12H,9-10H2,(H,21,23)/b20-11-. The molecular formula is C17H15ClN4O. The summed E-state index contributed by atoms with van der Waals surface area (Å²) in [5.41, 5.74) is 5.20. The van der Waals surface area contributed by atoms with Gasteiger partial charge >= 0.3 is 0 Å². The fourth-order valence-corrected chi connectivity index (χ4v) is 2.40. The van der Waals surface area contributed by atoms with E-state index in [0.717, 1.165) is 16.6 Å². The topological polar surface area (TPSA) is 59.3 Å². The van der Waals surface area contributed by atoms with E-state index in [1.54, 1.807) is 12.4 Å². The molecule has 0 aliphatic heterocycles. The normalized spacial score (nSPS) is 11.2. The van der Waals surface area contributed by atoms with Gasteiger partial charge in [-0.05, 0) is 18.2 Å². The molecule has 5 nitrogen and oxygen atoms in total. The van der Waals surface area contributed by atoms with Gasteiger partial charge in [0.05, 0.1) is 23.6 Å². The van der Waals surface area contributed by atoms with Crippen LogP contribution in [0, 0.1) is 0 Å². The lowest BCUT2D eigenvalue weighted by Gasteiger charge is -2.03. The fourth-order valence-electron chi connectivity index (χ4n) is 2.22. The van der Waals surface area contributed by atoms with Gasteiger partial charge in [0.25, 0.3) is 0 Å². The van der Waals surface area contributed by atoms with Crippen molar-refractivity contribution in [2.24, 2.45) is 5.10 Å². The largest absolute Gasteiger partial charge is 0.330 e. The Balaban J connectivity index is 1.55. The number of nitrogens with one attached hydrogen (secondary N) is 1. The number of halogens is 1. The molecule has 0 saturated heterocycles. The molecule has 1 heterocycles. The van der Waals surface area contributed by atoms with Crippen molar-refractivity contribution in [3.8, 4) is 0 Å². The summed E-state index contributed by atoms with van der Waals surface area (Å²) in [6.45, 7) is 0.550. The van der Waals surface area contributed by atoms with E-state index in [1.807, 2.05) is 47.0 Å². The van der Waals surface area contributed by atoms with E-state index in [0.29, 0.717) is 18.0 Å². The number of benzene rings is 2. The molecule has 0 spiro atoms. The number of hydrogen-bond acceptors (Lipinski definition) is 3. The second-order valence-electron chi connectivity index (χ2n) is 4.99. The number of rotatable bonds is 5. The number of hydrazone groups is 1. The molecule has 0 fully saturated rings. The van der Waals surface area contributed by atoms with Crippen LogP contribution in [0.3, 0.4) is 0 Å². The van der Waals surface area contributed by atoms with Gasteiger partial charge in [0.2, 0.25) is 5.91 Å². The third-order valence-electron chi connectivity index (χ3n) is 3.41. The number of hydrogen-bond donors (Lipinski definition) is 1. The summed E-state index contributed by atoms with van der Waals surface area (Å²) in [4.78, 5) is 16.2. The van der Waals surface area contributed by atoms with Gasteiger partial charge in [0.15, 0.2) is 0 Å². The number of para-hydroxylation sites is 2. The predicted octanol–water partition coefficient (Wildman–Crippen LogP) is 3.23. The van der Waals surface area contributed by atoms with Crippen LogP contribution >= 0.6 is 11.6 Å².